The minimum absolute atomic E-state index is 0.144. The van der Waals surface area contributed by atoms with Crippen molar-refractivity contribution in [3.8, 4) is 34.4 Å². The number of nitrogens with zero attached hydrogens (tertiary/aromatic N) is 3. The Bertz CT molecular complexity index is 1770. The Balaban J connectivity index is 1.51. The van der Waals surface area contributed by atoms with Crippen molar-refractivity contribution in [2.45, 2.75) is 55.7 Å². The molecule has 1 unspecified atom stereocenters. The van der Waals surface area contributed by atoms with Crippen LogP contribution in [-0.2, 0) is 19.8 Å². The third kappa shape index (κ3) is 11.6. The first kappa shape index (κ1) is 40.4. The van der Waals surface area contributed by atoms with Crippen LogP contribution in [-0.4, -0.2) is 91.7 Å². The molecule has 3 aromatic carbocycles. The van der Waals surface area contributed by atoms with Crippen molar-refractivity contribution in [1.82, 2.24) is 9.88 Å². The Morgan fingerprint density at radius 1 is 0.882 bits per heavy atom. The number of pyridine rings is 1. The number of rotatable bonds is 20. The van der Waals surface area contributed by atoms with Crippen LogP contribution in [0.3, 0.4) is 0 Å². The van der Waals surface area contributed by atoms with Gasteiger partial charge in [0.2, 0.25) is 0 Å². The standard InChI is InChI=1S/C38H44AsCl2N3O7/c1-25-28(6-3-7-32(25)33-8-4-9-35(38(33)41)49-11-5-10-39-15-31(48)22-47)24-51-37-14-36(50-23-27-12-26(16-42)17-43-18-27)29(13-34(37)40)19-44(2)30(20-45)21-46/h3-4,6-9,12-14,17-18,30-31,39,45-48H,5,10-11,15,19-24H2,1-2H3/t31-/m1/s1. The van der Waals surface area contributed by atoms with E-state index >= 15 is 0 Å². The topological polar surface area (TPSA) is 149 Å². The summed E-state index contributed by atoms with van der Waals surface area (Å²) in [5.41, 5.74) is 5.57. The van der Waals surface area contributed by atoms with Gasteiger partial charge in [0, 0.05) is 36.1 Å². The van der Waals surface area contributed by atoms with E-state index in [9.17, 15) is 20.6 Å². The van der Waals surface area contributed by atoms with Crippen molar-refractivity contribution in [3.63, 3.8) is 0 Å². The van der Waals surface area contributed by atoms with Gasteiger partial charge in [0.15, 0.2) is 0 Å². The number of hydrogen-bond acceptors (Lipinski definition) is 10. The number of halogens is 2. The summed E-state index contributed by atoms with van der Waals surface area (Å²) in [5, 5.41) is 49.8. The number of aromatic nitrogens is 1. The maximum absolute atomic E-state index is 9.71. The van der Waals surface area contributed by atoms with E-state index in [2.05, 4.69) is 11.1 Å². The molecule has 0 saturated heterocycles. The second kappa shape index (κ2) is 20.6. The third-order valence-corrected chi connectivity index (χ3v) is 12.1. The summed E-state index contributed by atoms with van der Waals surface area (Å²) in [6.45, 7) is 2.60. The average molecular weight is 801 g/mol. The predicted molar refractivity (Wildman–Crippen MR) is 200 cm³/mol. The molecule has 4 rings (SSSR count). The van der Waals surface area contributed by atoms with Crippen molar-refractivity contribution in [2.24, 2.45) is 0 Å². The van der Waals surface area contributed by atoms with Crippen LogP contribution in [0, 0.1) is 18.3 Å². The Morgan fingerprint density at radius 3 is 2.37 bits per heavy atom. The number of aliphatic hydroxyl groups is 4. The van der Waals surface area contributed by atoms with Crippen LogP contribution >= 0.6 is 23.2 Å². The van der Waals surface area contributed by atoms with Gasteiger partial charge in [0.25, 0.3) is 0 Å². The van der Waals surface area contributed by atoms with Gasteiger partial charge < -0.3 is 14.9 Å². The predicted octanol–water partition coefficient (Wildman–Crippen LogP) is 5.57. The van der Waals surface area contributed by atoms with Crippen molar-refractivity contribution < 1.29 is 34.6 Å². The second-order valence-corrected chi connectivity index (χ2v) is 15.8. The molecule has 51 heavy (non-hydrogen) atoms. The number of benzene rings is 3. The number of aliphatic hydroxyl groups excluding tert-OH is 4. The summed E-state index contributed by atoms with van der Waals surface area (Å²) in [7, 11) is 1.79. The quantitative estimate of drug-likeness (QED) is 0.0661. The van der Waals surface area contributed by atoms with Crippen LogP contribution in [0.15, 0.2) is 67.0 Å². The van der Waals surface area contributed by atoms with Crippen molar-refractivity contribution >= 4 is 39.0 Å². The normalized spacial score (nSPS) is 12.1. The van der Waals surface area contributed by atoms with Crippen molar-refractivity contribution in [2.75, 3.05) is 33.5 Å². The number of nitriles is 1. The molecule has 272 valence electrons. The van der Waals surface area contributed by atoms with E-state index in [0.29, 0.717) is 56.8 Å². The maximum atomic E-state index is 9.71. The van der Waals surface area contributed by atoms with E-state index in [1.807, 2.05) is 48.2 Å². The van der Waals surface area contributed by atoms with Gasteiger partial charge >= 0.3 is 166 Å². The monoisotopic (exact) mass is 799 g/mol. The van der Waals surface area contributed by atoms with Gasteiger partial charge in [-0.2, -0.15) is 5.26 Å². The summed E-state index contributed by atoms with van der Waals surface area (Å²) in [6, 6.07) is 18.5. The van der Waals surface area contributed by atoms with E-state index in [1.54, 1.807) is 31.4 Å². The van der Waals surface area contributed by atoms with E-state index in [4.69, 9.17) is 42.5 Å². The van der Waals surface area contributed by atoms with E-state index < -0.39 is 12.1 Å². The zero-order valence-corrected chi connectivity index (χ0v) is 32.3. The summed E-state index contributed by atoms with van der Waals surface area (Å²) >= 11 is 13.3. The van der Waals surface area contributed by atoms with Gasteiger partial charge in [-0.25, -0.2) is 0 Å². The first-order valence-electron chi connectivity index (χ1n) is 16.5. The molecule has 4 aromatic rings. The molecule has 0 radical (unpaired) electrons. The van der Waals surface area contributed by atoms with Gasteiger partial charge in [-0.05, 0) is 19.2 Å². The van der Waals surface area contributed by atoms with Crippen LogP contribution in [0.25, 0.3) is 11.1 Å². The molecule has 0 amide bonds. The Labute approximate surface area is 315 Å². The molecule has 13 heteroatoms. The molecule has 4 N–H and O–H groups in total. The Hall–Kier alpha value is -3.36. The molecule has 0 spiro atoms. The third-order valence-electron chi connectivity index (χ3n) is 8.33. The van der Waals surface area contributed by atoms with Crippen LogP contribution in [0.4, 0.5) is 0 Å². The summed E-state index contributed by atoms with van der Waals surface area (Å²) in [6.07, 6.45) is 3.35. The zero-order valence-electron chi connectivity index (χ0n) is 28.7. The fraction of sp³-hybridized carbons (Fsp3) is 0.368. The number of likely N-dealkylation sites (N-methyl/N-ethyl adjacent to an activating group) is 1. The summed E-state index contributed by atoms with van der Waals surface area (Å²) in [5.74, 6) is 1.52. The molecular formula is C38H44AsCl2N3O7. The van der Waals surface area contributed by atoms with Gasteiger partial charge in [-0.15, -0.1) is 0 Å². The zero-order chi connectivity index (χ0) is 36.8. The van der Waals surface area contributed by atoms with Crippen molar-refractivity contribution in [3.05, 3.63) is 105 Å². The number of ether oxygens (including phenoxy) is 3. The molecule has 0 bridgehead atoms. The van der Waals surface area contributed by atoms with Gasteiger partial charge in [-0.3, -0.25) is 9.88 Å². The molecule has 0 aliphatic heterocycles. The fourth-order valence-corrected chi connectivity index (χ4v) is 8.05. The molecule has 0 fully saturated rings. The van der Waals surface area contributed by atoms with E-state index in [-0.39, 0.29) is 48.8 Å². The molecule has 10 nitrogen and oxygen atoms in total. The first-order chi connectivity index (χ1) is 24.7. The van der Waals surface area contributed by atoms with Gasteiger partial charge in [-0.1, -0.05) is 11.6 Å². The molecule has 1 aromatic heterocycles. The molecule has 1 heterocycles. The summed E-state index contributed by atoms with van der Waals surface area (Å²) < 4.78 is 18.5. The molecule has 0 aliphatic carbocycles. The van der Waals surface area contributed by atoms with Crippen LogP contribution < -0.4 is 14.2 Å². The van der Waals surface area contributed by atoms with E-state index in [1.165, 1.54) is 6.20 Å². The van der Waals surface area contributed by atoms with E-state index in [0.717, 1.165) is 39.4 Å². The van der Waals surface area contributed by atoms with Gasteiger partial charge in [0.1, 0.15) is 24.2 Å². The molecule has 0 aliphatic rings. The SMILES string of the molecule is Cc1c(COc2cc(OCc3cncc(C#N)c3)c(CN(C)C(CO)CO)cc2Cl)cccc1-c1cccc(OCCC[AsH]C[C@@H](O)CO)c1Cl. The molecule has 0 saturated carbocycles. The second-order valence-electron chi connectivity index (χ2n) is 12.0. The molecule has 2 atom stereocenters. The summed E-state index contributed by atoms with van der Waals surface area (Å²) in [4.78, 5) is 5.93. The average Bonchev–Trinajstić information content (AvgIpc) is 3.14. The van der Waals surface area contributed by atoms with Gasteiger partial charge in [0.05, 0.1) is 29.8 Å². The minimum atomic E-state index is -0.620. The molecular weight excluding hydrogens is 756 g/mol. The van der Waals surface area contributed by atoms with Crippen molar-refractivity contribution in [1.29, 1.82) is 5.26 Å². The Kier molecular flexibility index (Phi) is 16.3. The van der Waals surface area contributed by atoms with Crippen LogP contribution in [0.5, 0.6) is 17.2 Å². The first-order valence-corrected chi connectivity index (χ1v) is 20.2. The Morgan fingerprint density at radius 2 is 1.63 bits per heavy atom. The number of hydrogen-bond donors (Lipinski definition) is 4. The fourth-order valence-electron chi connectivity index (χ4n) is 5.30. The van der Waals surface area contributed by atoms with Crippen LogP contribution in [0.2, 0.25) is 20.5 Å². The van der Waals surface area contributed by atoms with Crippen LogP contribution in [0.1, 0.15) is 34.2 Å².